The Morgan fingerprint density at radius 3 is 2.62 bits per heavy atom. The molecule has 3 aliphatic rings. The van der Waals surface area contributed by atoms with Crippen LogP contribution in [-0.4, -0.2) is 48.4 Å². The number of pyridine rings is 1. The van der Waals surface area contributed by atoms with E-state index in [1.54, 1.807) is 4.90 Å². The Balaban J connectivity index is 1.45. The van der Waals surface area contributed by atoms with Gasteiger partial charge in [0.1, 0.15) is 5.56 Å². The number of hydrogen-bond donors (Lipinski definition) is 2. The second-order valence-corrected chi connectivity index (χ2v) is 10.4. The number of carbonyl (C=O) groups excluding carboxylic acids is 1. The molecule has 1 saturated heterocycles. The van der Waals surface area contributed by atoms with Gasteiger partial charge in [0, 0.05) is 41.5 Å². The Morgan fingerprint density at radius 2 is 1.94 bits per heavy atom. The molecule has 2 fully saturated rings. The van der Waals surface area contributed by atoms with Crippen molar-refractivity contribution in [3.05, 3.63) is 29.1 Å². The maximum atomic E-state index is 13.9. The molecule has 4 rings (SSSR count). The lowest BCUT2D eigenvalue weighted by Gasteiger charge is -2.40. The standard InChI is InChI=1S/C25H37F3N3O3/c1-24(19-5-2-3-6-19,10-4-11-29-21-8-13-34-14-9-21)23(32)30-12-7-22-18(16-30)15-20(17-31(22)33)25(26,27)28/h15,17,19,21,29,33H,2-14,16H2,1H3/q+1/t24-/m1/s1. The van der Waals surface area contributed by atoms with Gasteiger partial charge in [0.15, 0.2) is 0 Å². The quantitative estimate of drug-likeness (QED) is 0.351. The number of rotatable bonds is 7. The summed E-state index contributed by atoms with van der Waals surface area (Å²) in [6.45, 7) is 4.99. The maximum Gasteiger partial charge on any atom is 0.422 e. The zero-order valence-electron chi connectivity index (χ0n) is 20.0. The molecule has 34 heavy (non-hydrogen) atoms. The van der Waals surface area contributed by atoms with E-state index in [9.17, 15) is 23.2 Å². The van der Waals surface area contributed by atoms with Crippen LogP contribution in [0.3, 0.4) is 0 Å². The van der Waals surface area contributed by atoms with Crippen LogP contribution < -0.4 is 10.0 Å². The summed E-state index contributed by atoms with van der Waals surface area (Å²) < 4.78 is 45.8. The Hall–Kier alpha value is -1.87. The number of halogens is 3. The fourth-order valence-corrected chi connectivity index (χ4v) is 6.00. The van der Waals surface area contributed by atoms with E-state index in [0.717, 1.165) is 77.2 Å². The van der Waals surface area contributed by atoms with Crippen molar-refractivity contribution in [1.29, 1.82) is 0 Å². The summed E-state index contributed by atoms with van der Waals surface area (Å²) >= 11 is 0. The van der Waals surface area contributed by atoms with E-state index in [1.165, 1.54) is 0 Å². The number of nitrogens with zero attached hydrogens (tertiary/aromatic N) is 2. The summed E-state index contributed by atoms with van der Waals surface area (Å²) in [5, 5.41) is 13.7. The van der Waals surface area contributed by atoms with Crippen LogP contribution in [0.15, 0.2) is 12.3 Å². The fourth-order valence-electron chi connectivity index (χ4n) is 6.00. The van der Waals surface area contributed by atoms with Crippen molar-refractivity contribution in [3.63, 3.8) is 0 Å². The zero-order chi connectivity index (χ0) is 24.3. The molecule has 1 aliphatic carbocycles. The largest absolute Gasteiger partial charge is 0.422 e. The number of nitrogens with one attached hydrogen (secondary N) is 1. The van der Waals surface area contributed by atoms with E-state index >= 15 is 0 Å². The highest BCUT2D eigenvalue weighted by molar-refractivity contribution is 5.83. The smallest absolute Gasteiger partial charge is 0.381 e. The Morgan fingerprint density at radius 1 is 1.24 bits per heavy atom. The van der Waals surface area contributed by atoms with Gasteiger partial charge in [-0.25, -0.2) is 0 Å². The molecule has 3 heterocycles. The van der Waals surface area contributed by atoms with E-state index in [0.29, 0.717) is 47.1 Å². The van der Waals surface area contributed by atoms with Crippen LogP contribution in [0.1, 0.15) is 75.1 Å². The first-order valence-electron chi connectivity index (χ1n) is 12.6. The van der Waals surface area contributed by atoms with Gasteiger partial charge in [-0.2, -0.15) is 13.2 Å². The summed E-state index contributed by atoms with van der Waals surface area (Å²) in [5.74, 6) is 0.340. The highest BCUT2D eigenvalue weighted by atomic mass is 19.4. The molecule has 0 bridgehead atoms. The third-order valence-corrected chi connectivity index (χ3v) is 8.10. The number of hydrogen-bond acceptors (Lipinski definition) is 4. The highest BCUT2D eigenvalue weighted by Gasteiger charge is 2.45. The third-order valence-electron chi connectivity index (χ3n) is 8.10. The van der Waals surface area contributed by atoms with Gasteiger partial charge >= 0.3 is 6.18 Å². The molecule has 0 unspecified atom stereocenters. The minimum atomic E-state index is -4.55. The van der Waals surface area contributed by atoms with Crippen molar-refractivity contribution in [2.24, 2.45) is 11.3 Å². The van der Waals surface area contributed by atoms with Gasteiger partial charge in [0.2, 0.25) is 17.8 Å². The number of fused-ring (bicyclic) bond motifs is 1. The molecule has 190 valence electrons. The molecule has 0 radical (unpaired) electrons. The summed E-state index contributed by atoms with van der Waals surface area (Å²) in [4.78, 5) is 15.6. The van der Waals surface area contributed by atoms with Crippen LogP contribution >= 0.6 is 0 Å². The van der Waals surface area contributed by atoms with Crippen LogP contribution in [0.4, 0.5) is 13.2 Å². The van der Waals surface area contributed by atoms with E-state index in [-0.39, 0.29) is 12.5 Å². The number of carbonyl (C=O) groups is 1. The molecule has 2 aliphatic heterocycles. The van der Waals surface area contributed by atoms with Crippen molar-refractivity contribution in [1.82, 2.24) is 10.2 Å². The minimum absolute atomic E-state index is 0.0398. The molecular formula is C25H37F3N3O3+. The summed E-state index contributed by atoms with van der Waals surface area (Å²) in [7, 11) is 0. The van der Waals surface area contributed by atoms with Gasteiger partial charge in [0.25, 0.3) is 0 Å². The van der Waals surface area contributed by atoms with Gasteiger partial charge in [0.05, 0.1) is 13.0 Å². The average molecular weight is 485 g/mol. The topological polar surface area (TPSA) is 65.7 Å². The van der Waals surface area contributed by atoms with Gasteiger partial charge in [-0.1, -0.05) is 19.8 Å². The van der Waals surface area contributed by atoms with E-state index < -0.39 is 17.2 Å². The van der Waals surface area contributed by atoms with Crippen LogP contribution in [0.5, 0.6) is 0 Å². The van der Waals surface area contributed by atoms with Gasteiger partial charge in [-0.05, 0) is 57.1 Å². The monoisotopic (exact) mass is 484 g/mol. The van der Waals surface area contributed by atoms with Crippen molar-refractivity contribution >= 4 is 5.91 Å². The molecule has 1 amide bonds. The number of amides is 1. The first-order chi connectivity index (χ1) is 16.2. The zero-order valence-corrected chi connectivity index (χ0v) is 20.0. The molecule has 6 nitrogen and oxygen atoms in total. The lowest BCUT2D eigenvalue weighted by Crippen LogP contribution is -2.50. The Labute approximate surface area is 199 Å². The van der Waals surface area contributed by atoms with Gasteiger partial charge < -0.3 is 15.0 Å². The molecule has 9 heteroatoms. The molecule has 2 N–H and O–H groups in total. The predicted molar refractivity (Wildman–Crippen MR) is 119 cm³/mol. The van der Waals surface area contributed by atoms with Crippen LogP contribution in [0, 0.1) is 11.3 Å². The molecule has 0 aromatic carbocycles. The van der Waals surface area contributed by atoms with Crippen molar-refractivity contribution in [3.8, 4) is 0 Å². The summed E-state index contributed by atoms with van der Waals surface area (Å²) in [6.07, 6.45) is 4.45. The summed E-state index contributed by atoms with van der Waals surface area (Å²) in [5.41, 5.74) is -0.615. The second-order valence-electron chi connectivity index (χ2n) is 10.4. The third kappa shape index (κ3) is 5.51. The second kappa shape index (κ2) is 10.4. The Kier molecular flexibility index (Phi) is 7.72. The maximum absolute atomic E-state index is 13.9. The van der Waals surface area contributed by atoms with Crippen LogP contribution in [0.25, 0.3) is 0 Å². The Bertz CT molecular complexity index is 867. The number of aromatic nitrogens is 1. The van der Waals surface area contributed by atoms with Crippen molar-refractivity contribution in [2.45, 2.75) is 83.5 Å². The number of alkyl halides is 3. The normalized spacial score (nSPS) is 21.9. The molecule has 1 aromatic rings. The molecule has 0 spiro atoms. The molecule has 1 atom stereocenters. The number of ether oxygens (including phenoxy) is 1. The molecular weight excluding hydrogens is 447 g/mol. The summed E-state index contributed by atoms with van der Waals surface area (Å²) in [6, 6.07) is 1.54. The van der Waals surface area contributed by atoms with E-state index in [1.807, 2.05) is 0 Å². The minimum Gasteiger partial charge on any atom is -0.381 e. The first-order valence-corrected chi connectivity index (χ1v) is 12.6. The predicted octanol–water partition coefficient (Wildman–Crippen LogP) is 3.86. The highest BCUT2D eigenvalue weighted by Crippen LogP contribution is 2.45. The van der Waals surface area contributed by atoms with Gasteiger partial charge in [-0.15, -0.1) is 0 Å². The SMILES string of the molecule is C[C@](CCCNC1CCOCC1)(C(=O)N1CCc2c(cc(C(F)(F)F)c[n+]2O)C1)C1CCCC1. The van der Waals surface area contributed by atoms with Crippen molar-refractivity contribution in [2.75, 3.05) is 26.3 Å². The van der Waals surface area contributed by atoms with Crippen LogP contribution in [0.2, 0.25) is 0 Å². The first kappa shape index (κ1) is 25.2. The van der Waals surface area contributed by atoms with Crippen LogP contribution in [-0.2, 0) is 28.7 Å². The lowest BCUT2D eigenvalue weighted by atomic mass is 9.71. The molecule has 1 saturated carbocycles. The average Bonchev–Trinajstić information content (AvgIpc) is 3.37. The molecule has 1 aromatic heterocycles. The van der Waals surface area contributed by atoms with Crippen molar-refractivity contribution < 1.29 is 32.6 Å². The van der Waals surface area contributed by atoms with E-state index in [4.69, 9.17) is 4.74 Å². The van der Waals surface area contributed by atoms with Gasteiger partial charge in [-0.3, -0.25) is 10.0 Å². The fraction of sp³-hybridized carbons (Fsp3) is 0.760. The lowest BCUT2D eigenvalue weighted by molar-refractivity contribution is -0.910. The van der Waals surface area contributed by atoms with E-state index in [2.05, 4.69) is 12.2 Å².